The Kier molecular flexibility index (Phi) is 6.64. The summed E-state index contributed by atoms with van der Waals surface area (Å²) in [6.45, 7) is 4.83. The fourth-order valence-electron chi connectivity index (χ4n) is 2.71. The third kappa shape index (κ3) is 5.43. The number of nitrogens with one attached hydrogen (secondary N) is 3. The number of aryl methyl sites for hydroxylation is 1. The summed E-state index contributed by atoms with van der Waals surface area (Å²) in [5.41, 5.74) is 3.89. The van der Waals surface area contributed by atoms with Gasteiger partial charge in [0.15, 0.2) is 0 Å². The van der Waals surface area contributed by atoms with Crippen molar-refractivity contribution < 1.29 is 0 Å². The highest BCUT2D eigenvalue weighted by atomic mass is 32.2. The molecule has 0 fully saturated rings. The molecule has 0 bridgehead atoms. The monoisotopic (exact) mass is 384 g/mol. The molecule has 0 saturated heterocycles. The molecule has 0 aromatic carbocycles. The third-order valence-electron chi connectivity index (χ3n) is 4.36. The molecule has 0 radical (unpaired) electrons. The van der Waals surface area contributed by atoms with Crippen LogP contribution in [-0.2, 0) is 12.2 Å². The fourth-order valence-corrected chi connectivity index (χ4v) is 3.59. The van der Waals surface area contributed by atoms with E-state index in [2.05, 4.69) is 37.2 Å². The molecule has 0 saturated carbocycles. The van der Waals surface area contributed by atoms with Crippen LogP contribution in [0.1, 0.15) is 35.4 Å². The smallest absolute Gasteiger partial charge is 0.255 e. The van der Waals surface area contributed by atoms with Gasteiger partial charge in [-0.15, -0.1) is 0 Å². The lowest BCUT2D eigenvalue weighted by Crippen LogP contribution is -2.19. The summed E-state index contributed by atoms with van der Waals surface area (Å²) < 4.78 is 0. The Bertz CT molecular complexity index is 908. The van der Waals surface area contributed by atoms with Gasteiger partial charge in [0.1, 0.15) is 0 Å². The van der Waals surface area contributed by atoms with Gasteiger partial charge < -0.3 is 10.3 Å². The van der Waals surface area contributed by atoms with E-state index in [4.69, 9.17) is 0 Å². The van der Waals surface area contributed by atoms with Gasteiger partial charge >= 0.3 is 0 Å². The van der Waals surface area contributed by atoms with Crippen LogP contribution in [0, 0.1) is 6.92 Å². The molecule has 142 valence electrons. The minimum absolute atomic E-state index is 0.0944. The van der Waals surface area contributed by atoms with Gasteiger partial charge in [-0.25, -0.2) is 9.97 Å². The van der Waals surface area contributed by atoms with Crippen LogP contribution in [0.25, 0.3) is 0 Å². The van der Waals surface area contributed by atoms with Crippen LogP contribution >= 0.6 is 11.8 Å². The Morgan fingerprint density at radius 3 is 2.89 bits per heavy atom. The standard InChI is InChI=1S/C19H24N6OS/c1-13(15-4-3-5-20-9-15)8-16-10-22-19(25-18(16)26)21-6-7-27-11-17-14(2)23-12-24-17/h3-5,9-10,12-13H,6-8,11H2,1-2H3,(H,23,24)(H2,21,22,25,26). The van der Waals surface area contributed by atoms with Crippen LogP contribution in [0.2, 0.25) is 0 Å². The number of hydrogen-bond acceptors (Lipinski definition) is 6. The molecule has 1 unspecified atom stereocenters. The summed E-state index contributed by atoms with van der Waals surface area (Å²) in [6, 6.07) is 3.93. The molecule has 1 atom stereocenters. The Hall–Kier alpha value is -2.61. The number of anilines is 1. The molecule has 0 aliphatic carbocycles. The maximum atomic E-state index is 12.3. The van der Waals surface area contributed by atoms with Crippen molar-refractivity contribution in [2.45, 2.75) is 31.9 Å². The van der Waals surface area contributed by atoms with Crippen LogP contribution < -0.4 is 10.9 Å². The number of thioether (sulfide) groups is 1. The van der Waals surface area contributed by atoms with Crippen LogP contribution in [0.3, 0.4) is 0 Å². The second-order valence-electron chi connectivity index (χ2n) is 6.43. The average molecular weight is 385 g/mol. The van der Waals surface area contributed by atoms with Crippen LogP contribution in [0.15, 0.2) is 41.8 Å². The van der Waals surface area contributed by atoms with E-state index in [1.807, 2.05) is 25.3 Å². The normalized spacial score (nSPS) is 12.1. The third-order valence-corrected chi connectivity index (χ3v) is 5.33. The lowest BCUT2D eigenvalue weighted by Gasteiger charge is -2.11. The van der Waals surface area contributed by atoms with Crippen LogP contribution in [0.5, 0.6) is 0 Å². The summed E-state index contributed by atoms with van der Waals surface area (Å²) >= 11 is 1.79. The second-order valence-corrected chi connectivity index (χ2v) is 7.54. The molecule has 0 spiro atoms. The van der Waals surface area contributed by atoms with Crippen molar-refractivity contribution in [2.24, 2.45) is 0 Å². The van der Waals surface area contributed by atoms with Crippen molar-refractivity contribution in [1.29, 1.82) is 0 Å². The molecule has 3 aromatic rings. The van der Waals surface area contributed by atoms with Crippen molar-refractivity contribution in [2.75, 3.05) is 17.6 Å². The molecule has 0 amide bonds. The topological polar surface area (TPSA) is 99.3 Å². The van der Waals surface area contributed by atoms with Crippen molar-refractivity contribution in [3.05, 3.63) is 69.9 Å². The van der Waals surface area contributed by atoms with E-state index < -0.39 is 0 Å². The summed E-state index contributed by atoms with van der Waals surface area (Å²) in [4.78, 5) is 31.0. The zero-order valence-corrected chi connectivity index (χ0v) is 16.3. The predicted octanol–water partition coefficient (Wildman–Crippen LogP) is 2.89. The minimum atomic E-state index is -0.0944. The number of hydrogen-bond donors (Lipinski definition) is 3. The van der Waals surface area contributed by atoms with Gasteiger partial charge in [-0.05, 0) is 30.9 Å². The highest BCUT2D eigenvalue weighted by molar-refractivity contribution is 7.98. The largest absolute Gasteiger partial charge is 0.355 e. The number of aromatic nitrogens is 5. The first-order chi connectivity index (χ1) is 13.1. The average Bonchev–Trinajstić information content (AvgIpc) is 3.09. The molecular formula is C19H24N6OS. The molecule has 8 heteroatoms. The SMILES string of the molecule is Cc1[nH]cnc1CSCCNc1ncc(CC(C)c2cccnc2)c(=O)[nH]1. The van der Waals surface area contributed by atoms with E-state index in [0.717, 1.165) is 35.0 Å². The Morgan fingerprint density at radius 2 is 2.19 bits per heavy atom. The van der Waals surface area contributed by atoms with E-state index in [-0.39, 0.29) is 11.5 Å². The fraction of sp³-hybridized carbons (Fsp3) is 0.368. The predicted molar refractivity (Wildman–Crippen MR) is 109 cm³/mol. The maximum absolute atomic E-state index is 12.3. The molecule has 27 heavy (non-hydrogen) atoms. The van der Waals surface area contributed by atoms with E-state index >= 15 is 0 Å². The van der Waals surface area contributed by atoms with Gasteiger partial charge in [0.25, 0.3) is 5.56 Å². The highest BCUT2D eigenvalue weighted by Gasteiger charge is 2.10. The van der Waals surface area contributed by atoms with Gasteiger partial charge in [0, 0.05) is 47.9 Å². The molecule has 0 aliphatic heterocycles. The molecule has 3 rings (SSSR count). The molecular weight excluding hydrogens is 360 g/mol. The van der Waals surface area contributed by atoms with E-state index in [1.165, 1.54) is 0 Å². The zero-order valence-electron chi connectivity index (χ0n) is 15.5. The van der Waals surface area contributed by atoms with E-state index in [9.17, 15) is 4.79 Å². The quantitative estimate of drug-likeness (QED) is 0.491. The summed E-state index contributed by atoms with van der Waals surface area (Å²) in [7, 11) is 0. The van der Waals surface area contributed by atoms with E-state index in [1.54, 1.807) is 30.5 Å². The first kappa shape index (κ1) is 19.2. The first-order valence-corrected chi connectivity index (χ1v) is 10.1. The summed E-state index contributed by atoms with van der Waals surface area (Å²) in [5, 5.41) is 3.17. The number of aromatic amines is 2. The Morgan fingerprint density at radius 1 is 1.30 bits per heavy atom. The van der Waals surface area contributed by atoms with Gasteiger partial charge in [0.2, 0.25) is 5.95 Å². The van der Waals surface area contributed by atoms with Crippen molar-refractivity contribution in [3.8, 4) is 0 Å². The zero-order chi connectivity index (χ0) is 19.1. The van der Waals surface area contributed by atoms with Crippen LogP contribution in [-0.4, -0.2) is 37.2 Å². The van der Waals surface area contributed by atoms with Gasteiger partial charge in [-0.3, -0.25) is 14.8 Å². The number of H-pyrrole nitrogens is 2. The summed E-state index contributed by atoms with van der Waals surface area (Å²) in [5.74, 6) is 2.48. The number of nitrogens with zero attached hydrogens (tertiary/aromatic N) is 3. The van der Waals surface area contributed by atoms with Crippen LogP contribution in [0.4, 0.5) is 5.95 Å². The lowest BCUT2D eigenvalue weighted by molar-refractivity contribution is 0.742. The lowest BCUT2D eigenvalue weighted by atomic mass is 9.96. The van der Waals surface area contributed by atoms with Crippen molar-refractivity contribution in [1.82, 2.24) is 24.9 Å². The molecule has 7 nitrogen and oxygen atoms in total. The van der Waals surface area contributed by atoms with E-state index in [0.29, 0.717) is 17.9 Å². The first-order valence-electron chi connectivity index (χ1n) is 8.92. The molecule has 3 aromatic heterocycles. The van der Waals surface area contributed by atoms with Crippen molar-refractivity contribution >= 4 is 17.7 Å². The molecule has 0 aliphatic rings. The van der Waals surface area contributed by atoms with Crippen molar-refractivity contribution in [3.63, 3.8) is 0 Å². The Balaban J connectivity index is 1.46. The minimum Gasteiger partial charge on any atom is -0.355 e. The number of rotatable bonds is 9. The number of imidazole rings is 1. The Labute approximate surface area is 162 Å². The van der Waals surface area contributed by atoms with Gasteiger partial charge in [-0.1, -0.05) is 13.0 Å². The number of pyridine rings is 1. The molecule has 3 N–H and O–H groups in total. The summed E-state index contributed by atoms with van der Waals surface area (Å²) in [6.07, 6.45) is 7.60. The van der Waals surface area contributed by atoms with Gasteiger partial charge in [0.05, 0.1) is 12.0 Å². The maximum Gasteiger partial charge on any atom is 0.255 e. The molecule has 3 heterocycles. The highest BCUT2D eigenvalue weighted by Crippen LogP contribution is 2.17. The second kappa shape index (κ2) is 9.36. The van der Waals surface area contributed by atoms with Gasteiger partial charge in [-0.2, -0.15) is 11.8 Å².